The summed E-state index contributed by atoms with van der Waals surface area (Å²) in [6.07, 6.45) is 2.86. The maximum Gasteiger partial charge on any atom is 0.326 e. The minimum Gasteiger partial charge on any atom is -0.480 e. The molecule has 0 saturated heterocycles. The Labute approximate surface area is 110 Å². The number of aromatic amines is 1. The van der Waals surface area contributed by atoms with Gasteiger partial charge < -0.3 is 15.4 Å². The topological polar surface area (TPSA) is 82.2 Å². The van der Waals surface area contributed by atoms with Crippen molar-refractivity contribution in [2.24, 2.45) is 0 Å². The molecule has 0 unspecified atom stereocenters. The molecule has 0 radical (unpaired) electrons. The van der Waals surface area contributed by atoms with Crippen molar-refractivity contribution in [3.8, 4) is 0 Å². The molecule has 1 aromatic carbocycles. The number of amides is 1. The van der Waals surface area contributed by atoms with Crippen LogP contribution in [0, 0.1) is 0 Å². The maximum absolute atomic E-state index is 11.0. The van der Waals surface area contributed by atoms with Gasteiger partial charge in [0.2, 0.25) is 5.91 Å². The number of aryl methyl sites for hydroxylation is 1. The molecule has 0 aliphatic carbocycles. The molecule has 19 heavy (non-hydrogen) atoms. The summed E-state index contributed by atoms with van der Waals surface area (Å²) >= 11 is 0. The summed E-state index contributed by atoms with van der Waals surface area (Å²) in [5.41, 5.74) is 2.09. The molecule has 0 aliphatic heterocycles. The number of carboxylic acids is 1. The Morgan fingerprint density at radius 1 is 1.37 bits per heavy atom. The van der Waals surface area contributed by atoms with Crippen molar-refractivity contribution in [2.75, 3.05) is 0 Å². The largest absolute Gasteiger partial charge is 0.480 e. The number of H-pyrrole nitrogens is 1. The van der Waals surface area contributed by atoms with Crippen LogP contribution in [0.1, 0.15) is 18.9 Å². The highest BCUT2D eigenvalue weighted by molar-refractivity contribution is 5.84. The van der Waals surface area contributed by atoms with Crippen LogP contribution in [0.25, 0.3) is 10.9 Å². The van der Waals surface area contributed by atoms with Gasteiger partial charge in [-0.2, -0.15) is 0 Å². The highest BCUT2D eigenvalue weighted by Crippen LogP contribution is 2.19. The molecule has 1 heterocycles. The molecule has 0 bridgehead atoms. The summed E-state index contributed by atoms with van der Waals surface area (Å²) in [7, 11) is 0. The lowest BCUT2D eigenvalue weighted by molar-refractivity contribution is -0.141. The second-order valence-corrected chi connectivity index (χ2v) is 4.49. The minimum atomic E-state index is -1.00. The summed E-state index contributed by atoms with van der Waals surface area (Å²) in [4.78, 5) is 25.1. The van der Waals surface area contributed by atoms with Gasteiger partial charge in [-0.25, -0.2) is 4.79 Å². The third kappa shape index (κ3) is 3.13. The first-order valence-electron chi connectivity index (χ1n) is 6.13. The highest BCUT2D eigenvalue weighted by Gasteiger charge is 2.18. The van der Waals surface area contributed by atoms with E-state index >= 15 is 0 Å². The number of para-hydroxylation sites is 1. The molecule has 2 aromatic rings. The second kappa shape index (κ2) is 5.56. The minimum absolute atomic E-state index is 0.327. The van der Waals surface area contributed by atoms with E-state index in [1.807, 2.05) is 30.5 Å². The molecule has 0 spiro atoms. The monoisotopic (exact) mass is 260 g/mol. The van der Waals surface area contributed by atoms with Crippen LogP contribution in [0.5, 0.6) is 0 Å². The zero-order valence-electron chi connectivity index (χ0n) is 10.6. The van der Waals surface area contributed by atoms with Crippen LogP contribution < -0.4 is 5.32 Å². The number of carbonyl (C=O) groups excluding carboxylic acids is 1. The average molecular weight is 260 g/mol. The van der Waals surface area contributed by atoms with E-state index in [4.69, 9.17) is 5.11 Å². The Hall–Kier alpha value is -2.30. The lowest BCUT2D eigenvalue weighted by atomic mass is 10.0. The summed E-state index contributed by atoms with van der Waals surface area (Å²) in [5, 5.41) is 12.6. The Bertz CT molecular complexity index is 604. The molecule has 2 rings (SSSR count). The summed E-state index contributed by atoms with van der Waals surface area (Å²) in [5.74, 6) is -1.33. The molecule has 5 nitrogen and oxygen atoms in total. The first kappa shape index (κ1) is 13.1. The van der Waals surface area contributed by atoms with Gasteiger partial charge in [0.25, 0.3) is 0 Å². The Morgan fingerprint density at radius 3 is 2.79 bits per heavy atom. The van der Waals surface area contributed by atoms with Gasteiger partial charge in [-0.05, 0) is 24.5 Å². The number of carbonyl (C=O) groups is 2. The third-order valence-corrected chi connectivity index (χ3v) is 3.05. The Kier molecular flexibility index (Phi) is 3.85. The number of hydrogen-bond donors (Lipinski definition) is 3. The van der Waals surface area contributed by atoms with E-state index in [-0.39, 0.29) is 5.91 Å². The highest BCUT2D eigenvalue weighted by atomic mass is 16.4. The van der Waals surface area contributed by atoms with Gasteiger partial charge in [0.05, 0.1) is 0 Å². The fourth-order valence-corrected chi connectivity index (χ4v) is 2.14. The molecule has 5 heteroatoms. The van der Waals surface area contributed by atoms with Crippen LogP contribution in [0.2, 0.25) is 0 Å². The zero-order chi connectivity index (χ0) is 13.8. The van der Waals surface area contributed by atoms with Crippen molar-refractivity contribution in [1.82, 2.24) is 10.3 Å². The van der Waals surface area contributed by atoms with Gasteiger partial charge in [0, 0.05) is 24.0 Å². The number of fused-ring (bicyclic) bond motifs is 1. The van der Waals surface area contributed by atoms with Crippen LogP contribution in [0.15, 0.2) is 30.5 Å². The average Bonchev–Trinajstić information content (AvgIpc) is 2.77. The van der Waals surface area contributed by atoms with Crippen LogP contribution in [0.4, 0.5) is 0 Å². The van der Waals surface area contributed by atoms with Crippen LogP contribution in [-0.4, -0.2) is 28.0 Å². The normalized spacial score (nSPS) is 12.3. The number of carboxylic acid groups (broad SMARTS) is 1. The van der Waals surface area contributed by atoms with Gasteiger partial charge in [-0.1, -0.05) is 18.2 Å². The fourth-order valence-electron chi connectivity index (χ4n) is 2.14. The van der Waals surface area contributed by atoms with E-state index in [1.54, 1.807) is 0 Å². The molecule has 0 saturated carbocycles. The van der Waals surface area contributed by atoms with Gasteiger partial charge in [-0.15, -0.1) is 0 Å². The number of benzene rings is 1. The first-order chi connectivity index (χ1) is 9.08. The number of nitrogens with one attached hydrogen (secondary N) is 2. The summed E-state index contributed by atoms with van der Waals surface area (Å²) in [6.45, 7) is 1.32. The quantitative estimate of drug-likeness (QED) is 0.765. The molecular formula is C14H16N2O3. The summed E-state index contributed by atoms with van der Waals surface area (Å²) < 4.78 is 0. The van der Waals surface area contributed by atoms with Crippen molar-refractivity contribution in [2.45, 2.75) is 25.8 Å². The van der Waals surface area contributed by atoms with E-state index in [9.17, 15) is 9.59 Å². The first-order valence-corrected chi connectivity index (χ1v) is 6.13. The van der Waals surface area contributed by atoms with E-state index in [0.29, 0.717) is 12.8 Å². The molecule has 1 atom stereocenters. The second-order valence-electron chi connectivity index (χ2n) is 4.49. The van der Waals surface area contributed by atoms with E-state index in [1.165, 1.54) is 6.92 Å². The van der Waals surface area contributed by atoms with Gasteiger partial charge in [-0.3, -0.25) is 4.79 Å². The van der Waals surface area contributed by atoms with E-state index < -0.39 is 12.0 Å². The zero-order valence-corrected chi connectivity index (χ0v) is 10.6. The van der Waals surface area contributed by atoms with Crippen molar-refractivity contribution in [3.05, 3.63) is 36.0 Å². The van der Waals surface area contributed by atoms with Crippen molar-refractivity contribution >= 4 is 22.8 Å². The molecule has 1 amide bonds. The van der Waals surface area contributed by atoms with Gasteiger partial charge in [0.1, 0.15) is 6.04 Å². The number of aromatic nitrogens is 1. The lowest BCUT2D eigenvalue weighted by Gasteiger charge is -2.12. The molecule has 100 valence electrons. The molecular weight excluding hydrogens is 244 g/mol. The molecule has 0 fully saturated rings. The maximum atomic E-state index is 11.0. The predicted octanol–water partition coefficient (Wildman–Crippen LogP) is 1.69. The van der Waals surface area contributed by atoms with Crippen molar-refractivity contribution in [3.63, 3.8) is 0 Å². The van der Waals surface area contributed by atoms with Crippen molar-refractivity contribution in [1.29, 1.82) is 0 Å². The van der Waals surface area contributed by atoms with Gasteiger partial charge in [0.15, 0.2) is 0 Å². The van der Waals surface area contributed by atoms with E-state index in [2.05, 4.69) is 10.3 Å². The molecule has 3 N–H and O–H groups in total. The lowest BCUT2D eigenvalue weighted by Crippen LogP contribution is -2.39. The number of rotatable bonds is 5. The predicted molar refractivity (Wildman–Crippen MR) is 71.9 cm³/mol. The third-order valence-electron chi connectivity index (χ3n) is 3.05. The Balaban J connectivity index is 2.08. The molecule has 1 aromatic heterocycles. The molecule has 0 aliphatic rings. The van der Waals surface area contributed by atoms with Crippen LogP contribution in [-0.2, 0) is 16.0 Å². The fraction of sp³-hybridized carbons (Fsp3) is 0.286. The SMILES string of the molecule is CC(=O)N[C@@H](CCc1c[nH]c2ccccc12)C(=O)O. The Morgan fingerprint density at radius 2 is 2.11 bits per heavy atom. The van der Waals surface area contributed by atoms with Crippen molar-refractivity contribution < 1.29 is 14.7 Å². The number of hydrogen-bond acceptors (Lipinski definition) is 2. The number of aliphatic carboxylic acids is 1. The summed E-state index contributed by atoms with van der Waals surface area (Å²) in [6, 6.07) is 7.02. The van der Waals surface area contributed by atoms with Crippen LogP contribution in [0.3, 0.4) is 0 Å². The smallest absolute Gasteiger partial charge is 0.326 e. The van der Waals surface area contributed by atoms with Crippen LogP contribution >= 0.6 is 0 Å². The standard InChI is InChI=1S/C14H16N2O3/c1-9(17)16-13(14(18)19)7-6-10-8-15-12-5-3-2-4-11(10)12/h2-5,8,13,15H,6-7H2,1H3,(H,16,17)(H,18,19)/t13-/m0/s1. The van der Waals surface area contributed by atoms with Gasteiger partial charge >= 0.3 is 5.97 Å². The van der Waals surface area contributed by atoms with E-state index in [0.717, 1.165) is 16.5 Å².